The highest BCUT2D eigenvalue weighted by atomic mass is 16.1. The Balaban J connectivity index is 2.67. The van der Waals surface area contributed by atoms with Crippen LogP contribution in [0.4, 0.5) is 0 Å². The van der Waals surface area contributed by atoms with E-state index in [1.165, 1.54) is 0 Å². The Hall–Kier alpha value is -1.38. The number of Topliss-reactive ketones (excluding diaryl/α,β-unsaturated/α-hetero) is 1. The zero-order valence-electron chi connectivity index (χ0n) is 8.62. The van der Waals surface area contributed by atoms with Gasteiger partial charge in [-0.05, 0) is 26.3 Å². The number of ketones is 1. The first kappa shape index (κ1) is 10.7. The monoisotopic (exact) mass is 193 g/mol. The zero-order chi connectivity index (χ0) is 10.6. The maximum absolute atomic E-state index is 11.4. The Morgan fingerprint density at radius 1 is 1.43 bits per heavy atom. The quantitative estimate of drug-likeness (QED) is 0.727. The van der Waals surface area contributed by atoms with Crippen molar-refractivity contribution in [2.24, 2.45) is 0 Å². The highest BCUT2D eigenvalue weighted by molar-refractivity contribution is 5.75. The van der Waals surface area contributed by atoms with Crippen LogP contribution >= 0.6 is 0 Å². The van der Waals surface area contributed by atoms with Gasteiger partial charge in [0.2, 0.25) is 0 Å². The van der Waals surface area contributed by atoms with Crippen LogP contribution in [0.25, 0.3) is 0 Å². The molecule has 0 aliphatic rings. The number of nitrogens with zero attached hydrogens (tertiary/aromatic N) is 1. The largest absolute Gasteiger partial charge is 0.313 e. The van der Waals surface area contributed by atoms with Crippen molar-refractivity contribution < 1.29 is 4.79 Å². The molecule has 3 nitrogen and oxygen atoms in total. The fraction of sp³-hybridized carbons (Fsp3) is 0.455. The van der Waals surface area contributed by atoms with Crippen LogP contribution < -0.4 is 5.56 Å². The molecule has 1 aromatic heterocycles. The lowest BCUT2D eigenvalue weighted by Crippen LogP contribution is -2.21. The fourth-order valence-corrected chi connectivity index (χ4v) is 1.40. The minimum Gasteiger partial charge on any atom is -0.313 e. The molecular formula is C11H15NO2. The maximum atomic E-state index is 11.4. The first-order valence-electron chi connectivity index (χ1n) is 4.77. The van der Waals surface area contributed by atoms with E-state index in [2.05, 4.69) is 0 Å². The molecule has 1 rings (SSSR count). The van der Waals surface area contributed by atoms with E-state index in [0.29, 0.717) is 13.0 Å². The van der Waals surface area contributed by atoms with Crippen molar-refractivity contribution in [1.29, 1.82) is 0 Å². The molecule has 0 fully saturated rings. The van der Waals surface area contributed by atoms with Gasteiger partial charge in [0, 0.05) is 24.7 Å². The molecule has 0 bridgehead atoms. The second kappa shape index (κ2) is 4.74. The van der Waals surface area contributed by atoms with Crippen LogP contribution in [0.15, 0.2) is 23.0 Å². The summed E-state index contributed by atoms with van der Waals surface area (Å²) < 4.78 is 1.70. The van der Waals surface area contributed by atoms with E-state index in [-0.39, 0.29) is 11.3 Å². The van der Waals surface area contributed by atoms with Crippen molar-refractivity contribution in [3.63, 3.8) is 0 Å². The first-order chi connectivity index (χ1) is 6.61. The lowest BCUT2D eigenvalue weighted by molar-refractivity contribution is -0.117. The molecule has 0 aromatic carbocycles. The molecule has 1 aromatic rings. The van der Waals surface area contributed by atoms with Crippen molar-refractivity contribution in [2.45, 2.75) is 33.2 Å². The normalized spacial score (nSPS) is 10.1. The highest BCUT2D eigenvalue weighted by Crippen LogP contribution is 1.98. The molecule has 0 N–H and O–H groups in total. The third-order valence-electron chi connectivity index (χ3n) is 2.18. The van der Waals surface area contributed by atoms with Gasteiger partial charge >= 0.3 is 0 Å². The Morgan fingerprint density at radius 3 is 2.71 bits per heavy atom. The van der Waals surface area contributed by atoms with Gasteiger partial charge in [0.25, 0.3) is 5.56 Å². The summed E-state index contributed by atoms with van der Waals surface area (Å²) in [7, 11) is 0. The summed E-state index contributed by atoms with van der Waals surface area (Å²) in [6.07, 6.45) is 1.28. The summed E-state index contributed by atoms with van der Waals surface area (Å²) in [6.45, 7) is 4.10. The van der Waals surface area contributed by atoms with Crippen LogP contribution in [0.3, 0.4) is 0 Å². The third-order valence-corrected chi connectivity index (χ3v) is 2.18. The van der Waals surface area contributed by atoms with Crippen LogP contribution in [0, 0.1) is 6.92 Å². The molecule has 0 aliphatic heterocycles. The first-order valence-corrected chi connectivity index (χ1v) is 4.77. The van der Waals surface area contributed by atoms with Crippen LogP contribution in [-0.2, 0) is 11.3 Å². The average molecular weight is 193 g/mol. The highest BCUT2D eigenvalue weighted by Gasteiger charge is 1.99. The molecule has 0 saturated heterocycles. The fourth-order valence-electron chi connectivity index (χ4n) is 1.40. The SMILES string of the molecule is CC(=O)CCCn1c(C)cccc1=O. The number of aromatic nitrogens is 1. The van der Waals surface area contributed by atoms with E-state index in [9.17, 15) is 9.59 Å². The van der Waals surface area contributed by atoms with Gasteiger partial charge in [-0.25, -0.2) is 0 Å². The summed E-state index contributed by atoms with van der Waals surface area (Å²) in [6, 6.07) is 5.19. The van der Waals surface area contributed by atoms with E-state index >= 15 is 0 Å². The molecule has 0 aliphatic carbocycles. The molecule has 14 heavy (non-hydrogen) atoms. The van der Waals surface area contributed by atoms with E-state index in [4.69, 9.17) is 0 Å². The molecule has 76 valence electrons. The topological polar surface area (TPSA) is 39.1 Å². The Bertz CT molecular complexity index is 379. The van der Waals surface area contributed by atoms with Gasteiger partial charge in [0.05, 0.1) is 0 Å². The summed E-state index contributed by atoms with van der Waals surface area (Å²) in [5.74, 6) is 0.173. The Morgan fingerprint density at radius 2 is 2.14 bits per heavy atom. The number of aryl methyl sites for hydroxylation is 1. The van der Waals surface area contributed by atoms with Gasteiger partial charge in [-0.1, -0.05) is 6.07 Å². The predicted octanol–water partition coefficient (Wildman–Crippen LogP) is 1.53. The van der Waals surface area contributed by atoms with E-state index < -0.39 is 0 Å². The number of hydrogen-bond donors (Lipinski definition) is 0. The molecule has 0 radical (unpaired) electrons. The second-order valence-electron chi connectivity index (χ2n) is 3.46. The van der Waals surface area contributed by atoms with Gasteiger partial charge in [0.15, 0.2) is 0 Å². The van der Waals surface area contributed by atoms with Gasteiger partial charge < -0.3 is 9.36 Å². The standard InChI is InChI=1S/C11H15NO2/c1-9-5-3-7-11(14)12(9)8-4-6-10(2)13/h3,5,7H,4,6,8H2,1-2H3. The average Bonchev–Trinajstić information content (AvgIpc) is 2.09. The number of rotatable bonds is 4. The number of hydrogen-bond acceptors (Lipinski definition) is 2. The van der Waals surface area contributed by atoms with E-state index in [1.54, 1.807) is 23.6 Å². The molecule has 0 amide bonds. The van der Waals surface area contributed by atoms with Gasteiger partial charge in [0.1, 0.15) is 5.78 Å². The summed E-state index contributed by atoms with van der Waals surface area (Å²) in [5, 5.41) is 0. The van der Waals surface area contributed by atoms with E-state index in [1.807, 2.05) is 13.0 Å². The minimum absolute atomic E-state index is 0.00792. The lowest BCUT2D eigenvalue weighted by atomic mass is 10.2. The minimum atomic E-state index is 0.00792. The predicted molar refractivity (Wildman–Crippen MR) is 55.4 cm³/mol. The number of pyridine rings is 1. The van der Waals surface area contributed by atoms with Gasteiger partial charge in [-0.3, -0.25) is 4.79 Å². The zero-order valence-corrected chi connectivity index (χ0v) is 8.62. The second-order valence-corrected chi connectivity index (χ2v) is 3.46. The molecule has 0 unspecified atom stereocenters. The molecule has 0 atom stereocenters. The van der Waals surface area contributed by atoms with Crippen molar-refractivity contribution in [3.05, 3.63) is 34.2 Å². The Kier molecular flexibility index (Phi) is 3.63. The van der Waals surface area contributed by atoms with E-state index in [0.717, 1.165) is 12.1 Å². The third kappa shape index (κ3) is 2.83. The van der Waals surface area contributed by atoms with Crippen molar-refractivity contribution in [1.82, 2.24) is 4.57 Å². The van der Waals surface area contributed by atoms with Crippen LogP contribution in [-0.4, -0.2) is 10.4 Å². The molecule has 3 heteroatoms. The summed E-state index contributed by atoms with van der Waals surface area (Å²) in [4.78, 5) is 22.1. The molecule has 1 heterocycles. The summed E-state index contributed by atoms with van der Waals surface area (Å²) in [5.41, 5.74) is 0.953. The van der Waals surface area contributed by atoms with Crippen LogP contribution in [0.5, 0.6) is 0 Å². The van der Waals surface area contributed by atoms with Crippen molar-refractivity contribution >= 4 is 5.78 Å². The number of carbonyl (C=O) groups is 1. The van der Waals surface area contributed by atoms with Crippen molar-refractivity contribution in [3.8, 4) is 0 Å². The smallest absolute Gasteiger partial charge is 0.250 e. The molecule has 0 spiro atoms. The van der Waals surface area contributed by atoms with Gasteiger partial charge in [-0.2, -0.15) is 0 Å². The van der Waals surface area contributed by atoms with Crippen molar-refractivity contribution in [2.75, 3.05) is 0 Å². The lowest BCUT2D eigenvalue weighted by Gasteiger charge is -2.07. The van der Waals surface area contributed by atoms with Gasteiger partial charge in [-0.15, -0.1) is 0 Å². The molecular weight excluding hydrogens is 178 g/mol. The molecule has 0 saturated carbocycles. The Labute approximate surface area is 83.4 Å². The van der Waals surface area contributed by atoms with Crippen LogP contribution in [0.1, 0.15) is 25.5 Å². The van der Waals surface area contributed by atoms with Crippen LogP contribution in [0.2, 0.25) is 0 Å². The summed E-state index contributed by atoms with van der Waals surface area (Å²) >= 11 is 0. The number of carbonyl (C=O) groups excluding carboxylic acids is 1. The maximum Gasteiger partial charge on any atom is 0.250 e.